The van der Waals surface area contributed by atoms with Crippen molar-refractivity contribution in [3.8, 4) is 33.5 Å². The summed E-state index contributed by atoms with van der Waals surface area (Å²) in [6.07, 6.45) is 7.19. The predicted molar refractivity (Wildman–Crippen MR) is 208 cm³/mol. The molecule has 8 rings (SSSR count). The maximum absolute atomic E-state index is 13.3. The molecule has 2 amide bonds. The smallest absolute Gasteiger partial charge is 0.262 e. The molecule has 0 bridgehead atoms. The SMILES string of the molecule is Cc1c(-c2ccn3c(=O)c(CNC[C@@H]4CCC(=O)N4)cnc3c2)cccc1-c1cccc(-c2ccc3c(n2)N(C)CCC3NC[C@@H]2CCC(=O)N2)c1Cl. The van der Waals surface area contributed by atoms with Crippen LogP contribution in [0.3, 0.4) is 0 Å². The zero-order valence-electron chi connectivity index (χ0n) is 29.9. The highest BCUT2D eigenvalue weighted by atomic mass is 35.5. The maximum atomic E-state index is 13.3. The van der Waals surface area contributed by atoms with Crippen molar-refractivity contribution in [2.45, 2.75) is 63.7 Å². The average molecular weight is 731 g/mol. The Bertz CT molecular complexity index is 2290. The van der Waals surface area contributed by atoms with Crippen molar-refractivity contribution in [2.75, 3.05) is 31.6 Å². The number of carbonyl (C=O) groups excluding carboxylic acids is 2. The van der Waals surface area contributed by atoms with Gasteiger partial charge in [0.15, 0.2) is 0 Å². The molecule has 3 aliphatic rings. The van der Waals surface area contributed by atoms with E-state index in [0.717, 1.165) is 82.8 Å². The van der Waals surface area contributed by atoms with E-state index in [0.29, 0.717) is 42.2 Å². The average Bonchev–Trinajstić information content (AvgIpc) is 3.79. The third-order valence-electron chi connectivity index (χ3n) is 10.9. The van der Waals surface area contributed by atoms with Gasteiger partial charge in [0.2, 0.25) is 11.8 Å². The molecule has 2 aromatic carbocycles. The van der Waals surface area contributed by atoms with Crippen LogP contribution in [-0.2, 0) is 16.1 Å². The molecule has 11 nitrogen and oxygen atoms in total. The van der Waals surface area contributed by atoms with Gasteiger partial charge in [-0.05, 0) is 66.6 Å². The number of halogens is 1. The fourth-order valence-corrected chi connectivity index (χ4v) is 8.21. The quantitative estimate of drug-likeness (QED) is 0.155. The fourth-order valence-electron chi connectivity index (χ4n) is 7.89. The third kappa shape index (κ3) is 7.04. The van der Waals surface area contributed by atoms with Crippen LogP contribution < -0.4 is 31.7 Å². The highest BCUT2D eigenvalue weighted by Gasteiger charge is 2.28. The molecular formula is C41H43ClN8O3. The van der Waals surface area contributed by atoms with Gasteiger partial charge in [-0.1, -0.05) is 54.1 Å². The first-order chi connectivity index (χ1) is 25.7. The van der Waals surface area contributed by atoms with Gasteiger partial charge in [0.1, 0.15) is 11.5 Å². The zero-order chi connectivity index (χ0) is 36.6. The van der Waals surface area contributed by atoms with Gasteiger partial charge in [-0.2, -0.15) is 0 Å². The summed E-state index contributed by atoms with van der Waals surface area (Å²) in [6.45, 7) is 4.69. The number of aromatic nitrogens is 3. The summed E-state index contributed by atoms with van der Waals surface area (Å²) in [5.74, 6) is 1.14. The molecule has 2 fully saturated rings. The van der Waals surface area contributed by atoms with Crippen LogP contribution in [-0.4, -0.2) is 64.9 Å². The lowest BCUT2D eigenvalue weighted by molar-refractivity contribution is -0.120. The molecule has 2 saturated heterocycles. The van der Waals surface area contributed by atoms with Crippen LogP contribution in [0.1, 0.15) is 54.8 Å². The molecule has 272 valence electrons. The number of pyridine rings is 2. The molecule has 5 aromatic rings. The van der Waals surface area contributed by atoms with Crippen LogP contribution in [0.2, 0.25) is 5.02 Å². The number of nitrogens with one attached hydrogen (secondary N) is 4. The molecule has 12 heteroatoms. The summed E-state index contributed by atoms with van der Waals surface area (Å²) in [5.41, 5.74) is 8.80. The van der Waals surface area contributed by atoms with Gasteiger partial charge < -0.3 is 26.2 Å². The molecule has 0 radical (unpaired) electrons. The Morgan fingerprint density at radius 2 is 1.58 bits per heavy atom. The minimum atomic E-state index is -0.119. The Labute approximate surface area is 313 Å². The largest absolute Gasteiger partial charge is 0.359 e. The lowest BCUT2D eigenvalue weighted by Crippen LogP contribution is -2.40. The molecule has 53 heavy (non-hydrogen) atoms. The summed E-state index contributed by atoms with van der Waals surface area (Å²) >= 11 is 7.25. The van der Waals surface area contributed by atoms with Crippen molar-refractivity contribution in [1.82, 2.24) is 35.6 Å². The number of rotatable bonds is 10. The molecule has 3 atom stereocenters. The van der Waals surface area contributed by atoms with E-state index >= 15 is 0 Å². The Morgan fingerprint density at radius 1 is 0.868 bits per heavy atom. The number of benzene rings is 2. The summed E-state index contributed by atoms with van der Waals surface area (Å²) in [4.78, 5) is 48.5. The summed E-state index contributed by atoms with van der Waals surface area (Å²) in [7, 11) is 2.07. The van der Waals surface area contributed by atoms with E-state index < -0.39 is 0 Å². The fraction of sp³-hybridized carbons (Fsp3) is 0.341. The lowest BCUT2D eigenvalue weighted by atomic mass is 9.91. The van der Waals surface area contributed by atoms with Gasteiger partial charge in [0.05, 0.1) is 10.7 Å². The number of hydrogen-bond donors (Lipinski definition) is 4. The number of carbonyl (C=O) groups is 2. The van der Waals surface area contributed by atoms with Crippen LogP contribution in [0, 0.1) is 6.92 Å². The Hall–Kier alpha value is -5.10. The molecule has 6 heterocycles. The Kier molecular flexibility index (Phi) is 9.72. The minimum Gasteiger partial charge on any atom is -0.359 e. The zero-order valence-corrected chi connectivity index (χ0v) is 30.7. The van der Waals surface area contributed by atoms with E-state index in [1.807, 2.05) is 36.4 Å². The van der Waals surface area contributed by atoms with Crippen LogP contribution in [0.5, 0.6) is 0 Å². The second-order valence-corrected chi connectivity index (χ2v) is 14.8. The van der Waals surface area contributed by atoms with Gasteiger partial charge >= 0.3 is 0 Å². The van der Waals surface area contributed by atoms with Crippen LogP contribution in [0.25, 0.3) is 39.2 Å². The lowest BCUT2D eigenvalue weighted by Gasteiger charge is -2.33. The van der Waals surface area contributed by atoms with E-state index in [1.165, 1.54) is 0 Å². The molecule has 4 N–H and O–H groups in total. The second kappa shape index (κ2) is 14.7. The highest BCUT2D eigenvalue weighted by molar-refractivity contribution is 6.36. The summed E-state index contributed by atoms with van der Waals surface area (Å²) in [6, 6.07) is 20.8. The number of hydrogen-bond acceptors (Lipinski definition) is 8. The van der Waals surface area contributed by atoms with Gasteiger partial charge in [-0.25, -0.2) is 9.97 Å². The van der Waals surface area contributed by atoms with Crippen molar-refractivity contribution in [1.29, 1.82) is 0 Å². The van der Waals surface area contributed by atoms with Gasteiger partial charge in [-0.3, -0.25) is 18.8 Å². The van der Waals surface area contributed by atoms with Crippen molar-refractivity contribution in [3.05, 3.63) is 105 Å². The topological polar surface area (TPSA) is 133 Å². The first-order valence-electron chi connectivity index (χ1n) is 18.4. The van der Waals surface area contributed by atoms with Gasteiger partial charge in [-0.15, -0.1) is 0 Å². The van der Waals surface area contributed by atoms with Crippen LogP contribution in [0.4, 0.5) is 5.82 Å². The first-order valence-corrected chi connectivity index (χ1v) is 18.8. The van der Waals surface area contributed by atoms with E-state index in [9.17, 15) is 14.4 Å². The molecule has 1 unspecified atom stereocenters. The summed E-state index contributed by atoms with van der Waals surface area (Å²) < 4.78 is 1.58. The molecule has 0 spiro atoms. The standard InChI is InChI=1S/C41H43ClN8O3/c1-24-29(25-15-18-50-36(19-25)45-21-26(41(50)53)20-43-22-27-9-13-37(51)46-27)5-3-6-30(24)31-7-4-8-32(39(31)42)35-12-11-33-34(16-17-49(2)40(33)48-35)44-23-28-10-14-38(52)47-28/h3-8,11-12,15,18-19,21,27-28,34,43-44H,9-10,13-14,16-17,20,22-23H2,1-2H3,(H,46,51)(H,47,52)/t27-,28-,34?/m0/s1. The molecule has 3 aromatic heterocycles. The number of fused-ring (bicyclic) bond motifs is 2. The van der Waals surface area contributed by atoms with Crippen molar-refractivity contribution in [3.63, 3.8) is 0 Å². The molecule has 0 aliphatic carbocycles. The normalized spacial score (nSPS) is 19.8. The summed E-state index contributed by atoms with van der Waals surface area (Å²) in [5, 5.41) is 13.6. The van der Waals surface area contributed by atoms with Crippen LogP contribution >= 0.6 is 11.6 Å². The van der Waals surface area contributed by atoms with E-state index in [2.05, 4.69) is 69.4 Å². The Balaban J connectivity index is 1.03. The van der Waals surface area contributed by atoms with E-state index in [4.69, 9.17) is 16.6 Å². The van der Waals surface area contributed by atoms with E-state index in [1.54, 1.807) is 16.8 Å². The van der Waals surface area contributed by atoms with Gasteiger partial charge in [0, 0.05) is 98.8 Å². The predicted octanol–water partition coefficient (Wildman–Crippen LogP) is 5.17. The molecular weight excluding hydrogens is 688 g/mol. The third-order valence-corrected chi connectivity index (χ3v) is 11.3. The highest BCUT2D eigenvalue weighted by Crippen LogP contribution is 2.41. The molecule has 3 aliphatic heterocycles. The number of anilines is 1. The Morgan fingerprint density at radius 3 is 2.34 bits per heavy atom. The minimum absolute atomic E-state index is 0.0741. The second-order valence-electron chi connectivity index (χ2n) is 14.4. The van der Waals surface area contributed by atoms with Crippen molar-refractivity contribution in [2.24, 2.45) is 0 Å². The van der Waals surface area contributed by atoms with Crippen molar-refractivity contribution < 1.29 is 9.59 Å². The van der Waals surface area contributed by atoms with E-state index in [-0.39, 0.29) is 35.5 Å². The molecule has 0 saturated carbocycles. The van der Waals surface area contributed by atoms with Crippen molar-refractivity contribution >= 4 is 34.9 Å². The number of amides is 2. The van der Waals surface area contributed by atoms with Gasteiger partial charge in [0.25, 0.3) is 5.56 Å². The van der Waals surface area contributed by atoms with Crippen LogP contribution in [0.15, 0.2) is 77.9 Å². The maximum Gasteiger partial charge on any atom is 0.262 e. The first kappa shape index (κ1) is 35.0. The number of nitrogens with zero attached hydrogens (tertiary/aromatic N) is 4. The monoisotopic (exact) mass is 730 g/mol.